The minimum absolute atomic E-state index is 0.0616. The van der Waals surface area contributed by atoms with Crippen LogP contribution in [-0.2, 0) is 14.1 Å². The van der Waals surface area contributed by atoms with Crippen LogP contribution in [0.3, 0.4) is 0 Å². The Labute approximate surface area is 197 Å². The van der Waals surface area contributed by atoms with E-state index in [1.165, 1.54) is 25.0 Å². The fraction of sp³-hybridized carbons (Fsp3) is 0.750. The summed E-state index contributed by atoms with van der Waals surface area (Å²) >= 11 is 0. The van der Waals surface area contributed by atoms with Crippen molar-refractivity contribution in [3.8, 4) is 0 Å². The zero-order valence-electron chi connectivity index (χ0n) is 20.6. The second kappa shape index (κ2) is 8.98. The molecule has 3 aliphatic carbocycles. The van der Waals surface area contributed by atoms with Crippen LogP contribution in [0.5, 0.6) is 0 Å². The topological polar surface area (TPSA) is 102 Å². The fourth-order valence-corrected chi connectivity index (χ4v) is 5.92. The number of nitrogens with one attached hydrogen (secondary N) is 2. The molecule has 0 radical (unpaired) electrons. The molecular formula is C24H37BN4O4. The molecule has 8 nitrogen and oxygen atoms in total. The third-order valence-electron chi connectivity index (χ3n) is 8.22. The van der Waals surface area contributed by atoms with Gasteiger partial charge in [-0.3, -0.25) is 14.6 Å². The van der Waals surface area contributed by atoms with E-state index in [9.17, 15) is 9.59 Å². The zero-order chi connectivity index (χ0) is 24.0. The third kappa shape index (κ3) is 4.54. The summed E-state index contributed by atoms with van der Waals surface area (Å²) in [7, 11) is -0.485. The Kier molecular flexibility index (Phi) is 6.57. The molecule has 3 saturated carbocycles. The van der Waals surface area contributed by atoms with Crippen molar-refractivity contribution in [2.24, 2.45) is 23.2 Å². The van der Waals surface area contributed by atoms with Gasteiger partial charge in [-0.25, -0.2) is 4.98 Å². The first kappa shape index (κ1) is 24.1. The third-order valence-corrected chi connectivity index (χ3v) is 8.22. The number of aromatic nitrogens is 2. The van der Waals surface area contributed by atoms with Crippen LogP contribution in [0.2, 0.25) is 0 Å². The SMILES string of the molecule is CC(C)CCC(NC(=O)C(C)NC(=O)c1cnccn1)B1OC2CC3CC(C3(C)C)C2(C)O1. The molecular weight excluding hydrogens is 419 g/mol. The summed E-state index contributed by atoms with van der Waals surface area (Å²) in [6.45, 7) is 12.9. The lowest BCUT2D eigenvalue weighted by atomic mass is 9.43. The van der Waals surface area contributed by atoms with Gasteiger partial charge in [0.05, 0.1) is 23.8 Å². The lowest BCUT2D eigenvalue weighted by molar-refractivity contribution is -0.199. The maximum Gasteiger partial charge on any atom is 0.481 e. The van der Waals surface area contributed by atoms with E-state index in [1.807, 2.05) is 0 Å². The molecule has 5 rings (SSSR count). The molecule has 2 amide bonds. The van der Waals surface area contributed by atoms with Gasteiger partial charge in [0.25, 0.3) is 5.91 Å². The van der Waals surface area contributed by atoms with E-state index < -0.39 is 19.1 Å². The monoisotopic (exact) mass is 456 g/mol. The smallest absolute Gasteiger partial charge is 0.404 e. The van der Waals surface area contributed by atoms with E-state index >= 15 is 0 Å². The normalized spacial score (nSPS) is 31.4. The molecule has 180 valence electrons. The molecule has 0 aromatic carbocycles. The summed E-state index contributed by atoms with van der Waals surface area (Å²) in [5.41, 5.74) is 0.115. The van der Waals surface area contributed by atoms with E-state index in [-0.39, 0.29) is 34.7 Å². The van der Waals surface area contributed by atoms with Crippen molar-refractivity contribution in [2.45, 2.75) is 90.9 Å². The van der Waals surface area contributed by atoms with Crippen LogP contribution in [-0.4, -0.2) is 52.6 Å². The van der Waals surface area contributed by atoms with Crippen LogP contribution in [0.1, 0.15) is 77.7 Å². The molecule has 2 N–H and O–H groups in total. The Hall–Kier alpha value is -2.00. The van der Waals surface area contributed by atoms with E-state index in [1.54, 1.807) is 6.92 Å². The summed E-state index contributed by atoms with van der Waals surface area (Å²) in [5.74, 6) is 0.646. The largest absolute Gasteiger partial charge is 0.481 e. The first-order chi connectivity index (χ1) is 15.5. The summed E-state index contributed by atoms with van der Waals surface area (Å²) in [5, 5.41) is 5.81. The van der Waals surface area contributed by atoms with Gasteiger partial charge in [-0.15, -0.1) is 0 Å². The summed E-state index contributed by atoms with van der Waals surface area (Å²) in [4.78, 5) is 33.3. The predicted molar refractivity (Wildman–Crippen MR) is 125 cm³/mol. The van der Waals surface area contributed by atoms with E-state index in [4.69, 9.17) is 9.31 Å². The number of amides is 2. The number of carbonyl (C=O) groups excluding carboxylic acids is 2. The highest BCUT2D eigenvalue weighted by molar-refractivity contribution is 6.47. The second-order valence-electron chi connectivity index (χ2n) is 11.2. The van der Waals surface area contributed by atoms with E-state index in [0.717, 1.165) is 19.3 Å². The molecule has 4 fully saturated rings. The molecule has 1 saturated heterocycles. The van der Waals surface area contributed by atoms with Gasteiger partial charge in [-0.1, -0.05) is 27.7 Å². The van der Waals surface area contributed by atoms with Crippen molar-refractivity contribution in [2.75, 3.05) is 0 Å². The lowest BCUT2D eigenvalue weighted by Crippen LogP contribution is -2.65. The van der Waals surface area contributed by atoms with Gasteiger partial charge < -0.3 is 19.9 Å². The van der Waals surface area contributed by atoms with Gasteiger partial charge in [-0.05, 0) is 62.7 Å². The number of rotatable bonds is 8. The van der Waals surface area contributed by atoms with Gasteiger partial charge in [-0.2, -0.15) is 0 Å². The number of nitrogens with zero attached hydrogens (tertiary/aromatic N) is 2. The molecule has 6 atom stereocenters. The minimum atomic E-state index is -0.730. The van der Waals surface area contributed by atoms with Gasteiger partial charge in [0.1, 0.15) is 11.7 Å². The van der Waals surface area contributed by atoms with Crippen LogP contribution in [0.15, 0.2) is 18.6 Å². The molecule has 1 aliphatic heterocycles. The highest BCUT2D eigenvalue weighted by Gasteiger charge is 2.68. The fourth-order valence-electron chi connectivity index (χ4n) is 5.92. The van der Waals surface area contributed by atoms with E-state index in [2.05, 4.69) is 55.2 Å². The lowest BCUT2D eigenvalue weighted by Gasteiger charge is -2.64. The van der Waals surface area contributed by atoms with Crippen molar-refractivity contribution in [3.05, 3.63) is 24.3 Å². The van der Waals surface area contributed by atoms with Crippen LogP contribution in [0, 0.1) is 23.2 Å². The second-order valence-corrected chi connectivity index (χ2v) is 11.2. The van der Waals surface area contributed by atoms with Crippen molar-refractivity contribution < 1.29 is 18.9 Å². The quantitative estimate of drug-likeness (QED) is 0.584. The molecule has 2 heterocycles. The number of hydrogen-bond acceptors (Lipinski definition) is 6. The summed E-state index contributed by atoms with van der Waals surface area (Å²) in [6, 6.07) is -0.730. The van der Waals surface area contributed by atoms with Gasteiger partial charge >= 0.3 is 7.12 Å². The molecule has 1 aromatic heterocycles. The predicted octanol–water partition coefficient (Wildman–Crippen LogP) is 2.78. The maximum absolute atomic E-state index is 13.0. The Balaban J connectivity index is 1.42. The van der Waals surface area contributed by atoms with Crippen molar-refractivity contribution in [3.63, 3.8) is 0 Å². The minimum Gasteiger partial charge on any atom is -0.404 e. The Morgan fingerprint density at radius 1 is 1.15 bits per heavy atom. The average molecular weight is 456 g/mol. The first-order valence-electron chi connectivity index (χ1n) is 12.2. The number of carbonyl (C=O) groups is 2. The van der Waals surface area contributed by atoms with E-state index in [0.29, 0.717) is 17.8 Å². The van der Waals surface area contributed by atoms with Gasteiger partial charge in [0, 0.05) is 12.4 Å². The molecule has 4 aliphatic rings. The molecule has 33 heavy (non-hydrogen) atoms. The van der Waals surface area contributed by atoms with Crippen LogP contribution < -0.4 is 10.6 Å². The molecule has 2 bridgehead atoms. The van der Waals surface area contributed by atoms with Crippen molar-refractivity contribution in [1.82, 2.24) is 20.6 Å². The first-order valence-corrected chi connectivity index (χ1v) is 12.2. The van der Waals surface area contributed by atoms with Crippen molar-refractivity contribution >= 4 is 18.9 Å². The Bertz CT molecular complexity index is 882. The van der Waals surface area contributed by atoms with Crippen LogP contribution >= 0.6 is 0 Å². The Morgan fingerprint density at radius 3 is 2.55 bits per heavy atom. The molecule has 0 spiro atoms. The van der Waals surface area contributed by atoms with Crippen LogP contribution in [0.25, 0.3) is 0 Å². The highest BCUT2D eigenvalue weighted by Crippen LogP contribution is 2.65. The number of hydrogen-bond donors (Lipinski definition) is 2. The van der Waals surface area contributed by atoms with Gasteiger partial charge in [0.15, 0.2) is 0 Å². The maximum atomic E-state index is 13.0. The summed E-state index contributed by atoms with van der Waals surface area (Å²) in [6.07, 6.45) is 8.26. The van der Waals surface area contributed by atoms with Crippen molar-refractivity contribution in [1.29, 1.82) is 0 Å². The summed E-state index contributed by atoms with van der Waals surface area (Å²) < 4.78 is 13.1. The molecule has 9 heteroatoms. The average Bonchev–Trinajstić information content (AvgIpc) is 3.13. The molecule has 1 aromatic rings. The Morgan fingerprint density at radius 2 is 1.91 bits per heavy atom. The zero-order valence-corrected chi connectivity index (χ0v) is 20.6. The highest BCUT2D eigenvalue weighted by atomic mass is 16.7. The molecule has 6 unspecified atom stereocenters. The van der Waals surface area contributed by atoms with Crippen LogP contribution in [0.4, 0.5) is 0 Å². The van der Waals surface area contributed by atoms with Gasteiger partial charge in [0.2, 0.25) is 5.91 Å². The standard InChI is InChI=1S/C24H37BN4O4/c1-14(2)7-8-20(29-21(30)15(3)28-22(31)17-13-26-9-10-27-17)25-32-19-12-16-11-18(23(16,4)5)24(19,6)33-25/h9-10,13-16,18-20H,7-8,11-12H2,1-6H3,(H,28,31)(H,29,30).